The molecule has 1 N–H and O–H groups in total. The molecule has 1 aliphatic carbocycles. The number of nitrogens with zero attached hydrogens (tertiary/aromatic N) is 2. The number of amides is 1. The van der Waals surface area contributed by atoms with Gasteiger partial charge in [0.25, 0.3) is 0 Å². The molecule has 1 saturated carbocycles. The van der Waals surface area contributed by atoms with Crippen molar-refractivity contribution in [3.8, 4) is 11.8 Å². The number of carbonyl (C=O) groups is 1. The Kier molecular flexibility index (Phi) is 4.99. The van der Waals surface area contributed by atoms with Crippen LogP contribution in [0.5, 0.6) is 5.75 Å². The third-order valence-electron chi connectivity index (χ3n) is 4.88. The second-order valence-corrected chi connectivity index (χ2v) is 6.81. The maximum Gasteiger partial charge on any atom is 0.573 e. The van der Waals surface area contributed by atoms with Crippen LogP contribution in [0.4, 0.5) is 18.9 Å². The molecule has 1 aromatic carbocycles. The van der Waals surface area contributed by atoms with Gasteiger partial charge in [-0.25, -0.2) is 0 Å². The van der Waals surface area contributed by atoms with Crippen LogP contribution in [0.2, 0.25) is 0 Å². The maximum absolute atomic E-state index is 12.4. The predicted molar refractivity (Wildman–Crippen MR) is 88.6 cm³/mol. The number of halogens is 3. The van der Waals surface area contributed by atoms with Crippen molar-refractivity contribution in [1.29, 1.82) is 5.26 Å². The average Bonchev–Trinajstić information content (AvgIpc) is 3.02. The van der Waals surface area contributed by atoms with E-state index in [9.17, 15) is 23.2 Å². The minimum Gasteiger partial charge on any atom is -0.406 e. The van der Waals surface area contributed by atoms with E-state index in [-0.39, 0.29) is 18.2 Å². The fourth-order valence-electron chi connectivity index (χ4n) is 3.74. The van der Waals surface area contributed by atoms with E-state index < -0.39 is 11.9 Å². The molecule has 0 bridgehead atoms. The highest BCUT2D eigenvalue weighted by Gasteiger charge is 2.36. The summed E-state index contributed by atoms with van der Waals surface area (Å²) in [7, 11) is 0. The molecule has 0 saturated heterocycles. The standard InChI is InChI=1S/C18H20F3N3O2/c19-18(20,21)26-14-5-6-15-13(10-14)4-3-9-24(15)11-16(25)23-17(12-22)7-1-2-8-17/h5-6,10H,1-4,7-9,11H2,(H,23,25). The van der Waals surface area contributed by atoms with Gasteiger partial charge in [0, 0.05) is 12.2 Å². The Morgan fingerprint density at radius 2 is 2.04 bits per heavy atom. The third kappa shape index (κ3) is 4.21. The highest BCUT2D eigenvalue weighted by Crippen LogP contribution is 2.33. The van der Waals surface area contributed by atoms with Gasteiger partial charge in [0.05, 0.1) is 12.6 Å². The first kappa shape index (κ1) is 18.4. The lowest BCUT2D eigenvalue weighted by Gasteiger charge is -2.32. The first-order valence-corrected chi connectivity index (χ1v) is 8.66. The summed E-state index contributed by atoms with van der Waals surface area (Å²) in [5, 5.41) is 12.2. The summed E-state index contributed by atoms with van der Waals surface area (Å²) in [4.78, 5) is 14.3. The van der Waals surface area contributed by atoms with Crippen LogP contribution in [0, 0.1) is 11.3 Å². The number of ether oxygens (including phenoxy) is 1. The van der Waals surface area contributed by atoms with Gasteiger partial charge in [0.2, 0.25) is 5.91 Å². The molecular weight excluding hydrogens is 347 g/mol. The Morgan fingerprint density at radius 1 is 1.31 bits per heavy atom. The molecule has 5 nitrogen and oxygen atoms in total. The molecule has 0 unspecified atom stereocenters. The van der Waals surface area contributed by atoms with Crippen LogP contribution in [0.1, 0.15) is 37.7 Å². The lowest BCUT2D eigenvalue weighted by Crippen LogP contribution is -2.49. The normalized spacial score (nSPS) is 18.8. The van der Waals surface area contributed by atoms with E-state index in [0.717, 1.165) is 30.5 Å². The number of nitriles is 1. The number of anilines is 1. The first-order chi connectivity index (χ1) is 12.3. The van der Waals surface area contributed by atoms with Gasteiger partial charge in [-0.2, -0.15) is 5.26 Å². The molecule has 26 heavy (non-hydrogen) atoms. The Morgan fingerprint density at radius 3 is 2.69 bits per heavy atom. The quantitative estimate of drug-likeness (QED) is 0.887. The van der Waals surface area contributed by atoms with Crippen LogP contribution in [0.15, 0.2) is 18.2 Å². The Labute approximate surface area is 149 Å². The zero-order valence-electron chi connectivity index (χ0n) is 14.2. The topological polar surface area (TPSA) is 65.4 Å². The van der Waals surface area contributed by atoms with Crippen molar-refractivity contribution >= 4 is 11.6 Å². The van der Waals surface area contributed by atoms with Crippen molar-refractivity contribution in [2.75, 3.05) is 18.0 Å². The van der Waals surface area contributed by atoms with E-state index in [1.165, 1.54) is 12.1 Å². The number of alkyl halides is 3. The van der Waals surface area contributed by atoms with E-state index in [4.69, 9.17) is 0 Å². The van der Waals surface area contributed by atoms with Crippen molar-refractivity contribution in [2.24, 2.45) is 0 Å². The third-order valence-corrected chi connectivity index (χ3v) is 4.88. The summed E-state index contributed by atoms with van der Waals surface area (Å²) in [6, 6.07) is 6.41. The number of hydrogen-bond donors (Lipinski definition) is 1. The van der Waals surface area contributed by atoms with Gasteiger partial charge in [0.1, 0.15) is 11.3 Å². The molecule has 1 aliphatic heterocycles. The molecule has 1 fully saturated rings. The number of benzene rings is 1. The second kappa shape index (κ2) is 7.06. The molecule has 2 aliphatic rings. The number of carbonyl (C=O) groups excluding carboxylic acids is 1. The van der Waals surface area contributed by atoms with Crippen LogP contribution in [-0.4, -0.2) is 30.9 Å². The monoisotopic (exact) mass is 367 g/mol. The number of nitrogens with one attached hydrogen (secondary N) is 1. The Hall–Kier alpha value is -2.43. The molecular formula is C18H20F3N3O2. The summed E-state index contributed by atoms with van der Waals surface area (Å²) in [6.45, 7) is 0.718. The van der Waals surface area contributed by atoms with Crippen LogP contribution < -0.4 is 15.0 Å². The van der Waals surface area contributed by atoms with Crippen LogP contribution in [-0.2, 0) is 11.2 Å². The summed E-state index contributed by atoms with van der Waals surface area (Å²) < 4.78 is 41.1. The van der Waals surface area contributed by atoms with Gasteiger partial charge < -0.3 is 15.0 Å². The van der Waals surface area contributed by atoms with E-state index in [2.05, 4.69) is 16.1 Å². The smallest absolute Gasteiger partial charge is 0.406 e. The molecule has 0 spiro atoms. The van der Waals surface area contributed by atoms with Crippen molar-refractivity contribution < 1.29 is 22.7 Å². The lowest BCUT2D eigenvalue weighted by atomic mass is 9.99. The molecule has 140 valence electrons. The van der Waals surface area contributed by atoms with E-state index in [1.54, 1.807) is 6.07 Å². The Bertz CT molecular complexity index is 721. The largest absolute Gasteiger partial charge is 0.573 e. The molecule has 8 heteroatoms. The fourth-order valence-corrected chi connectivity index (χ4v) is 3.74. The molecule has 1 aromatic rings. The molecule has 0 radical (unpaired) electrons. The summed E-state index contributed by atoms with van der Waals surface area (Å²) >= 11 is 0. The van der Waals surface area contributed by atoms with Gasteiger partial charge >= 0.3 is 6.36 Å². The van der Waals surface area contributed by atoms with Crippen molar-refractivity contribution in [1.82, 2.24) is 5.32 Å². The van der Waals surface area contributed by atoms with Gasteiger partial charge in [-0.15, -0.1) is 13.2 Å². The molecule has 1 amide bonds. The van der Waals surface area contributed by atoms with Gasteiger partial charge in [0.15, 0.2) is 0 Å². The fraction of sp³-hybridized carbons (Fsp3) is 0.556. The minimum atomic E-state index is -4.73. The zero-order valence-corrected chi connectivity index (χ0v) is 14.2. The molecule has 0 atom stereocenters. The van der Waals surface area contributed by atoms with Gasteiger partial charge in [-0.05, 0) is 62.3 Å². The van der Waals surface area contributed by atoms with Crippen molar-refractivity contribution in [3.63, 3.8) is 0 Å². The number of fused-ring (bicyclic) bond motifs is 1. The lowest BCUT2D eigenvalue weighted by molar-refractivity contribution is -0.274. The first-order valence-electron chi connectivity index (χ1n) is 8.66. The average molecular weight is 367 g/mol. The van der Waals surface area contributed by atoms with Crippen LogP contribution >= 0.6 is 0 Å². The zero-order chi connectivity index (χ0) is 18.8. The van der Waals surface area contributed by atoms with Crippen molar-refractivity contribution in [3.05, 3.63) is 23.8 Å². The summed E-state index contributed by atoms with van der Waals surface area (Å²) in [5.74, 6) is -0.492. The maximum atomic E-state index is 12.4. The van der Waals surface area contributed by atoms with E-state index in [0.29, 0.717) is 25.8 Å². The van der Waals surface area contributed by atoms with Crippen LogP contribution in [0.3, 0.4) is 0 Å². The second-order valence-electron chi connectivity index (χ2n) is 6.81. The molecule has 1 heterocycles. The minimum absolute atomic E-state index is 0.0793. The van der Waals surface area contributed by atoms with Crippen LogP contribution in [0.25, 0.3) is 0 Å². The SMILES string of the molecule is N#CC1(NC(=O)CN2CCCc3cc(OC(F)(F)F)ccc32)CCCC1. The number of aryl methyl sites for hydroxylation is 1. The highest BCUT2D eigenvalue weighted by atomic mass is 19.4. The van der Waals surface area contributed by atoms with E-state index in [1.807, 2.05) is 4.90 Å². The summed E-state index contributed by atoms with van der Waals surface area (Å²) in [6.07, 6.45) is -0.210. The molecule has 0 aromatic heterocycles. The number of hydrogen-bond acceptors (Lipinski definition) is 4. The number of rotatable bonds is 4. The molecule has 3 rings (SSSR count). The van der Waals surface area contributed by atoms with E-state index >= 15 is 0 Å². The predicted octanol–water partition coefficient (Wildman–Crippen LogP) is 3.29. The van der Waals surface area contributed by atoms with Gasteiger partial charge in [-0.3, -0.25) is 4.79 Å². The summed E-state index contributed by atoms with van der Waals surface area (Å²) in [5.41, 5.74) is 0.681. The highest BCUT2D eigenvalue weighted by molar-refractivity contribution is 5.83. The Balaban J connectivity index is 1.69. The van der Waals surface area contributed by atoms with Crippen molar-refractivity contribution in [2.45, 2.75) is 50.4 Å². The van der Waals surface area contributed by atoms with Gasteiger partial charge in [-0.1, -0.05) is 0 Å².